The van der Waals surface area contributed by atoms with Gasteiger partial charge in [-0.3, -0.25) is 9.13 Å². The van der Waals surface area contributed by atoms with Gasteiger partial charge in [0.05, 0.1) is 22.9 Å². The second kappa shape index (κ2) is 7.72. The SMILES string of the molecule is Cc1c(-c2ccc3ncnn3c2)n(-c2ccc(F)c(Cl)c2)c(=O)n1Cc1cccc(F)c1. The molecule has 0 bridgehead atoms. The van der Waals surface area contributed by atoms with Gasteiger partial charge in [-0.1, -0.05) is 23.7 Å². The van der Waals surface area contributed by atoms with E-state index in [0.717, 1.165) is 0 Å². The smallest absolute Gasteiger partial charge is 0.291 e. The van der Waals surface area contributed by atoms with Crippen LogP contribution in [0.3, 0.4) is 0 Å². The minimum Gasteiger partial charge on any atom is -0.291 e. The van der Waals surface area contributed by atoms with E-state index in [2.05, 4.69) is 10.1 Å². The Bertz CT molecular complexity index is 1540. The van der Waals surface area contributed by atoms with Gasteiger partial charge in [0, 0.05) is 17.5 Å². The van der Waals surface area contributed by atoms with Crippen molar-refractivity contribution in [2.24, 2.45) is 0 Å². The number of aromatic nitrogens is 5. The van der Waals surface area contributed by atoms with Crippen LogP contribution in [0, 0.1) is 18.6 Å². The molecule has 0 N–H and O–H groups in total. The zero-order valence-electron chi connectivity index (χ0n) is 16.8. The summed E-state index contributed by atoms with van der Waals surface area (Å²) in [5, 5.41) is 4.07. The Labute approximate surface area is 186 Å². The van der Waals surface area contributed by atoms with Crippen molar-refractivity contribution in [1.29, 1.82) is 0 Å². The predicted octanol–water partition coefficient (Wildman–Crippen LogP) is 4.64. The van der Waals surface area contributed by atoms with Crippen LogP contribution in [0.2, 0.25) is 5.02 Å². The Morgan fingerprint density at radius 2 is 1.91 bits per heavy atom. The van der Waals surface area contributed by atoms with E-state index in [0.29, 0.717) is 33.8 Å². The second-order valence-corrected chi connectivity index (χ2v) is 7.75. The Morgan fingerprint density at radius 3 is 2.69 bits per heavy atom. The van der Waals surface area contributed by atoms with Gasteiger partial charge in [0.15, 0.2) is 5.65 Å². The summed E-state index contributed by atoms with van der Waals surface area (Å²) in [6, 6.07) is 13.8. The van der Waals surface area contributed by atoms with Gasteiger partial charge in [-0.05, 0) is 55.0 Å². The maximum Gasteiger partial charge on any atom is 0.333 e. The number of fused-ring (bicyclic) bond motifs is 1. The molecule has 0 aliphatic carbocycles. The molecule has 0 spiro atoms. The standard InChI is InChI=1S/C23H16ClF2N5O/c1-14-22(16-5-8-21-27-13-28-30(21)12-16)31(18-6-7-20(26)19(24)10-18)23(32)29(14)11-15-3-2-4-17(25)9-15/h2-10,12-13H,11H2,1H3. The highest BCUT2D eigenvalue weighted by Gasteiger charge is 2.21. The number of halogens is 3. The maximum atomic E-state index is 13.8. The van der Waals surface area contributed by atoms with Crippen LogP contribution >= 0.6 is 11.6 Å². The predicted molar refractivity (Wildman–Crippen MR) is 117 cm³/mol. The molecule has 0 amide bonds. The third-order valence-corrected chi connectivity index (χ3v) is 5.62. The molecule has 6 nitrogen and oxygen atoms in total. The van der Waals surface area contributed by atoms with E-state index in [1.807, 2.05) is 13.0 Å². The molecule has 32 heavy (non-hydrogen) atoms. The third kappa shape index (κ3) is 3.38. The first-order chi connectivity index (χ1) is 15.4. The van der Waals surface area contributed by atoms with Crippen LogP contribution in [0.1, 0.15) is 11.3 Å². The summed E-state index contributed by atoms with van der Waals surface area (Å²) in [7, 11) is 0. The molecule has 2 aromatic carbocycles. The molecule has 0 unspecified atom stereocenters. The molecule has 3 aromatic heterocycles. The van der Waals surface area contributed by atoms with Crippen LogP contribution in [-0.2, 0) is 6.54 Å². The lowest BCUT2D eigenvalue weighted by atomic mass is 10.1. The van der Waals surface area contributed by atoms with Crippen molar-refractivity contribution in [3.8, 4) is 16.9 Å². The van der Waals surface area contributed by atoms with Crippen LogP contribution < -0.4 is 5.69 Å². The molecule has 0 saturated heterocycles. The van der Waals surface area contributed by atoms with Crippen molar-refractivity contribution in [3.63, 3.8) is 0 Å². The van der Waals surface area contributed by atoms with Gasteiger partial charge >= 0.3 is 5.69 Å². The fraction of sp³-hybridized carbons (Fsp3) is 0.0870. The van der Waals surface area contributed by atoms with E-state index in [9.17, 15) is 13.6 Å². The maximum absolute atomic E-state index is 13.8. The van der Waals surface area contributed by atoms with Crippen LogP contribution in [0.5, 0.6) is 0 Å². The van der Waals surface area contributed by atoms with Gasteiger partial charge in [-0.25, -0.2) is 23.1 Å². The molecule has 0 radical (unpaired) electrons. The fourth-order valence-corrected chi connectivity index (χ4v) is 3.99. The monoisotopic (exact) mass is 451 g/mol. The quantitative estimate of drug-likeness (QED) is 0.400. The first-order valence-corrected chi connectivity index (χ1v) is 10.1. The number of nitrogens with zero attached hydrogens (tertiary/aromatic N) is 5. The first kappa shape index (κ1) is 20.1. The average Bonchev–Trinajstić information content (AvgIpc) is 3.33. The summed E-state index contributed by atoms with van der Waals surface area (Å²) >= 11 is 6.01. The first-order valence-electron chi connectivity index (χ1n) is 9.74. The second-order valence-electron chi connectivity index (χ2n) is 7.35. The highest BCUT2D eigenvalue weighted by atomic mass is 35.5. The molecule has 3 heterocycles. The largest absolute Gasteiger partial charge is 0.333 e. The summed E-state index contributed by atoms with van der Waals surface area (Å²) in [6.07, 6.45) is 3.20. The number of hydrogen-bond donors (Lipinski definition) is 0. The number of imidazole rings is 1. The number of benzene rings is 2. The van der Waals surface area contributed by atoms with E-state index in [-0.39, 0.29) is 23.1 Å². The van der Waals surface area contributed by atoms with Gasteiger partial charge in [-0.15, -0.1) is 0 Å². The Hall–Kier alpha value is -3.78. The zero-order chi connectivity index (χ0) is 22.4. The molecule has 9 heteroatoms. The summed E-state index contributed by atoms with van der Waals surface area (Å²) in [4.78, 5) is 17.7. The summed E-state index contributed by atoms with van der Waals surface area (Å²) in [6.45, 7) is 1.98. The van der Waals surface area contributed by atoms with Crippen molar-refractivity contribution in [1.82, 2.24) is 23.7 Å². The van der Waals surface area contributed by atoms with E-state index >= 15 is 0 Å². The Kier molecular flexibility index (Phi) is 4.86. The molecule has 0 aliphatic heterocycles. The van der Waals surface area contributed by atoms with E-state index in [1.54, 1.807) is 33.5 Å². The molecule has 0 saturated carbocycles. The van der Waals surface area contributed by atoms with Crippen LogP contribution in [0.15, 0.2) is 71.9 Å². The lowest BCUT2D eigenvalue weighted by Crippen LogP contribution is -2.24. The molecule has 5 aromatic rings. The lowest BCUT2D eigenvalue weighted by molar-refractivity contribution is 0.621. The highest BCUT2D eigenvalue weighted by molar-refractivity contribution is 6.30. The third-order valence-electron chi connectivity index (χ3n) is 5.33. The summed E-state index contributed by atoms with van der Waals surface area (Å²) < 4.78 is 32.2. The molecule has 0 atom stereocenters. The lowest BCUT2D eigenvalue weighted by Gasteiger charge is -2.10. The zero-order valence-corrected chi connectivity index (χ0v) is 17.6. The van der Waals surface area contributed by atoms with Gasteiger partial charge < -0.3 is 0 Å². The average molecular weight is 452 g/mol. The van der Waals surface area contributed by atoms with E-state index in [4.69, 9.17) is 11.6 Å². The summed E-state index contributed by atoms with van der Waals surface area (Å²) in [5.41, 5.74) is 3.30. The molecule has 160 valence electrons. The van der Waals surface area contributed by atoms with Crippen molar-refractivity contribution in [3.05, 3.63) is 106 Å². The van der Waals surface area contributed by atoms with E-state index < -0.39 is 5.82 Å². The molecular weight excluding hydrogens is 436 g/mol. The number of pyridine rings is 1. The molecular formula is C23H16ClF2N5O. The molecule has 0 aliphatic rings. The fourth-order valence-electron chi connectivity index (χ4n) is 3.81. The topological polar surface area (TPSA) is 57.1 Å². The normalized spacial score (nSPS) is 11.4. The summed E-state index contributed by atoms with van der Waals surface area (Å²) in [5.74, 6) is -0.959. The van der Waals surface area contributed by atoms with Crippen LogP contribution in [0.25, 0.3) is 22.6 Å². The van der Waals surface area contributed by atoms with Crippen molar-refractivity contribution in [2.75, 3.05) is 0 Å². The van der Waals surface area contributed by atoms with Crippen molar-refractivity contribution in [2.45, 2.75) is 13.5 Å². The van der Waals surface area contributed by atoms with Gasteiger partial charge in [0.2, 0.25) is 0 Å². The van der Waals surface area contributed by atoms with Crippen LogP contribution in [-0.4, -0.2) is 23.7 Å². The van der Waals surface area contributed by atoms with Crippen molar-refractivity contribution >= 4 is 17.2 Å². The van der Waals surface area contributed by atoms with Crippen LogP contribution in [0.4, 0.5) is 8.78 Å². The van der Waals surface area contributed by atoms with E-state index in [1.165, 1.54) is 41.2 Å². The minimum absolute atomic E-state index is 0.0948. The van der Waals surface area contributed by atoms with Gasteiger partial charge in [0.25, 0.3) is 0 Å². The van der Waals surface area contributed by atoms with Crippen molar-refractivity contribution < 1.29 is 8.78 Å². The Balaban J connectivity index is 1.76. The Morgan fingerprint density at radius 1 is 1.06 bits per heavy atom. The molecule has 5 rings (SSSR count). The highest BCUT2D eigenvalue weighted by Crippen LogP contribution is 2.28. The minimum atomic E-state index is -0.579. The number of hydrogen-bond acceptors (Lipinski definition) is 3. The molecule has 0 fully saturated rings. The number of rotatable bonds is 4. The van der Waals surface area contributed by atoms with Gasteiger partial charge in [0.1, 0.15) is 18.0 Å². The van der Waals surface area contributed by atoms with Gasteiger partial charge in [-0.2, -0.15) is 5.10 Å².